The maximum absolute atomic E-state index is 8.50. The number of hydrogen-bond donors (Lipinski definition) is 26. The summed E-state index contributed by atoms with van der Waals surface area (Å²) in [7, 11) is 0. The van der Waals surface area contributed by atoms with Gasteiger partial charge in [0.15, 0.2) is 0 Å². The number of nitrogens with zero attached hydrogens (tertiary/aromatic N) is 10. The fraction of sp³-hybridized carbons (Fsp3) is 1.00. The normalized spacial score (nSPS) is 8.84. The second-order valence-corrected chi connectivity index (χ2v) is 10.9. The second-order valence-electron chi connectivity index (χ2n) is 10.9. The number of aliphatic hydroxyl groups is 16. The molecule has 0 unspecified atom stereocenters. The lowest BCUT2D eigenvalue weighted by Crippen LogP contribution is -2.37. The van der Waals surface area contributed by atoms with Crippen molar-refractivity contribution in [3.05, 3.63) is 101 Å². The van der Waals surface area contributed by atoms with Crippen molar-refractivity contribution in [2.24, 2.45) is 21.7 Å². The zero-order chi connectivity index (χ0) is 65.1. The first-order valence-electron chi connectivity index (χ1n) is 16.4. The van der Waals surface area contributed by atoms with Crippen LogP contribution in [0.15, 0.2) is 0 Å². The molecule has 0 amide bonds. The minimum Gasteiger partial charge on any atom is -0.396 e. The summed E-state index contributed by atoms with van der Waals surface area (Å²) in [6, 6.07) is 0. The molecule has 56 nitrogen and oxygen atoms in total. The molecule has 26 N–H and O–H groups in total. The van der Waals surface area contributed by atoms with Gasteiger partial charge in [0.05, 0.1) is 127 Å². The summed E-state index contributed by atoms with van der Waals surface area (Å²) in [5.74, 6) is 0. The fourth-order valence-corrected chi connectivity index (χ4v) is 1.20. The fourth-order valence-electron chi connectivity index (χ4n) is 1.20. The van der Waals surface area contributed by atoms with Crippen LogP contribution in [0.4, 0.5) is 0 Å². The Morgan fingerprint density at radius 3 is 0.197 bits per heavy atom. The Morgan fingerprint density at radius 2 is 0.197 bits per heavy atom. The molecule has 0 fully saturated rings. The van der Waals surface area contributed by atoms with Gasteiger partial charge < -0.3 is 134 Å². The van der Waals surface area contributed by atoms with Gasteiger partial charge >= 0.3 is 0 Å². The van der Waals surface area contributed by atoms with Gasteiger partial charge in [0.25, 0.3) is 50.9 Å². The lowest BCUT2D eigenvalue weighted by atomic mass is 9.93. The highest BCUT2D eigenvalue weighted by Crippen LogP contribution is 2.14. The van der Waals surface area contributed by atoms with Crippen molar-refractivity contribution in [2.75, 3.05) is 106 Å². The van der Waals surface area contributed by atoms with Crippen LogP contribution in [0.3, 0.4) is 0 Å². The number of aliphatic hydroxyl groups excluding tert-OH is 16. The van der Waals surface area contributed by atoms with E-state index in [2.05, 4.69) is 0 Å². The van der Waals surface area contributed by atoms with Crippen LogP contribution in [-0.2, 0) is 0 Å². The third-order valence-electron chi connectivity index (χ3n) is 5.37. The molecule has 464 valence electrons. The highest BCUT2D eigenvalue weighted by atomic mass is 16.9. The average Bonchev–Trinajstić information content (AvgIpc) is 3.27. The van der Waals surface area contributed by atoms with E-state index >= 15 is 0 Å². The Hall–Kier alpha value is -8.64. The minimum atomic E-state index is -1.50. The second kappa shape index (κ2) is 75.3. The zero-order valence-corrected chi connectivity index (χ0v) is 37.6. The Morgan fingerprint density at radius 1 is 0.171 bits per heavy atom. The summed E-state index contributed by atoms with van der Waals surface area (Å²) in [5.41, 5.74) is -4.44. The molecule has 0 spiro atoms. The van der Waals surface area contributed by atoms with Gasteiger partial charge in [0.2, 0.25) is 0 Å². The van der Waals surface area contributed by atoms with Crippen LogP contribution in [0.1, 0.15) is 0 Å². The van der Waals surface area contributed by atoms with Gasteiger partial charge in [-0.1, -0.05) is 0 Å². The van der Waals surface area contributed by atoms with Gasteiger partial charge in [-0.3, -0.25) is 0 Å². The van der Waals surface area contributed by atoms with Crippen molar-refractivity contribution in [1.82, 2.24) is 0 Å². The molecule has 0 aromatic carbocycles. The molecule has 0 radical (unpaired) electrons. The lowest BCUT2D eigenvalue weighted by molar-refractivity contribution is -0.742. The Kier molecular flexibility index (Phi) is 103. The third kappa shape index (κ3) is 175. The quantitative estimate of drug-likeness (QED) is 0.0504. The van der Waals surface area contributed by atoms with E-state index in [4.69, 9.17) is 235 Å². The van der Waals surface area contributed by atoms with E-state index in [1.165, 1.54) is 0 Å². The van der Waals surface area contributed by atoms with E-state index < -0.39 is 178 Å². The summed E-state index contributed by atoms with van der Waals surface area (Å²) >= 11 is 0. The maximum Gasteiger partial charge on any atom is 0.291 e. The van der Waals surface area contributed by atoms with Crippen LogP contribution in [-0.4, -0.2) is 290 Å². The molecule has 0 aliphatic rings. The summed E-state index contributed by atoms with van der Waals surface area (Å²) in [6.07, 6.45) is 0. The smallest absolute Gasteiger partial charge is 0.291 e. The van der Waals surface area contributed by atoms with Gasteiger partial charge in [0, 0.05) is 0 Å². The third-order valence-corrected chi connectivity index (χ3v) is 5.37. The molecule has 0 saturated carbocycles. The van der Waals surface area contributed by atoms with E-state index in [1.54, 1.807) is 0 Å². The molecular weight excluding hydrogens is 1120 g/mol. The Bertz CT molecular complexity index is 977. The average molecular weight is 1170 g/mol. The Labute approximate surface area is 413 Å². The summed E-state index contributed by atoms with van der Waals surface area (Å²) in [4.78, 5) is 83.6. The molecule has 0 bridgehead atoms. The van der Waals surface area contributed by atoms with Crippen molar-refractivity contribution in [2.45, 2.75) is 0 Å². The van der Waals surface area contributed by atoms with Crippen LogP contribution < -0.4 is 0 Å². The van der Waals surface area contributed by atoms with Gasteiger partial charge in [-0.05, 0) is 0 Å². The predicted molar refractivity (Wildman–Crippen MR) is 211 cm³/mol. The first-order valence-corrected chi connectivity index (χ1v) is 16.4. The zero-order valence-electron chi connectivity index (χ0n) is 37.6. The highest BCUT2D eigenvalue weighted by molar-refractivity contribution is 4.76. The highest BCUT2D eigenvalue weighted by Gasteiger charge is 2.28. The van der Waals surface area contributed by atoms with E-state index in [0.29, 0.717) is 0 Å². The number of rotatable bonds is 16. The molecular formula is C20H58N10O46. The van der Waals surface area contributed by atoms with Gasteiger partial charge in [-0.15, -0.1) is 101 Å². The van der Waals surface area contributed by atoms with Crippen LogP contribution in [0.2, 0.25) is 0 Å². The summed E-state index contributed by atoms with van der Waals surface area (Å²) in [5, 5.41) is 272. The monoisotopic (exact) mass is 1170 g/mol. The van der Waals surface area contributed by atoms with Crippen LogP contribution in [0, 0.1) is 123 Å². The van der Waals surface area contributed by atoms with E-state index in [9.17, 15) is 0 Å². The van der Waals surface area contributed by atoms with E-state index in [-0.39, 0.29) is 0 Å². The molecule has 0 rings (SSSR count). The molecule has 0 aliphatic carbocycles. The molecule has 0 heterocycles. The first-order chi connectivity index (χ1) is 34.3. The van der Waals surface area contributed by atoms with Gasteiger partial charge in [0.1, 0.15) is 0 Å². The van der Waals surface area contributed by atoms with Crippen molar-refractivity contribution in [3.63, 3.8) is 0 Å². The van der Waals surface area contributed by atoms with Crippen LogP contribution in [0.5, 0.6) is 0 Å². The van der Waals surface area contributed by atoms with Crippen molar-refractivity contribution in [1.29, 1.82) is 0 Å². The lowest BCUT2D eigenvalue weighted by Gasteiger charge is -2.23. The topological polar surface area (TPSA) is 957 Å². The van der Waals surface area contributed by atoms with Crippen LogP contribution >= 0.6 is 0 Å². The summed E-state index contributed by atoms with van der Waals surface area (Å²) in [6.45, 7) is -6.50. The maximum atomic E-state index is 8.50. The van der Waals surface area contributed by atoms with Crippen LogP contribution in [0.25, 0.3) is 0 Å². The van der Waals surface area contributed by atoms with Crippen molar-refractivity contribution >= 4 is 0 Å². The molecule has 0 saturated heterocycles. The SMILES string of the molecule is O=[N+]([O-])O.O=[N+]([O-])O.O=[N+]([O-])O.O=[N+]([O-])O.O=[N+]([O-])O.O=[N+]([O-])O.O=[N+]([O-])O.O=[N+]([O-])O.O=[N+]([O-])O.O=[N+]([O-])O.OCC(CO)(CO)CO.OCC(CO)(CO)CO.OCC(CO)(CO)CO.OCC(CO)(CO)CO. The molecule has 0 aromatic heterocycles. The Balaban J connectivity index is -0.0000000462. The van der Waals surface area contributed by atoms with E-state index in [1.807, 2.05) is 0 Å². The minimum absolute atomic E-state index is 0.406. The van der Waals surface area contributed by atoms with Gasteiger partial charge in [-0.2, -0.15) is 0 Å². The molecule has 76 heavy (non-hydrogen) atoms. The number of hydrogen-bond acceptors (Lipinski definition) is 36. The molecule has 0 aromatic rings. The van der Waals surface area contributed by atoms with Crippen molar-refractivity contribution < 1.29 is 185 Å². The molecule has 56 heteroatoms. The van der Waals surface area contributed by atoms with Gasteiger partial charge in [-0.25, -0.2) is 0 Å². The first kappa shape index (κ1) is 104. The summed E-state index contributed by atoms with van der Waals surface area (Å²) < 4.78 is 0. The molecule has 0 atom stereocenters. The molecule has 0 aliphatic heterocycles. The standard InChI is InChI=1S/4C5H12O4.10HNO3/c4*6-1-5(2-7,3-8)4-9;10*2-1(3)4/h4*6-9H,1-4H2;10*(H,2,3,4). The largest absolute Gasteiger partial charge is 0.396 e. The predicted octanol–water partition coefficient (Wildman–Crippen LogP) is -11.7. The van der Waals surface area contributed by atoms with Crippen molar-refractivity contribution in [3.8, 4) is 0 Å². The van der Waals surface area contributed by atoms with E-state index in [0.717, 1.165) is 0 Å².